The minimum atomic E-state index is 0.0263. The molecule has 2 atom stereocenters. The van der Waals surface area contributed by atoms with E-state index in [9.17, 15) is 4.79 Å². The number of methoxy groups -OCH3 is 1. The van der Waals surface area contributed by atoms with Gasteiger partial charge in [0.2, 0.25) is 5.91 Å². The summed E-state index contributed by atoms with van der Waals surface area (Å²) in [5, 5.41) is 0. The molecular weight excluding hydrogens is 208 g/mol. The molecule has 0 spiro atoms. The first-order valence-electron chi connectivity index (χ1n) is 5.75. The SMILES string of the molecule is COCCOCC(=O)N1CCC(C)C(N)C1. The average Bonchev–Trinajstić information content (AvgIpc) is 2.28. The predicted octanol–water partition coefficient (Wildman–Crippen LogP) is -0.155. The Morgan fingerprint density at radius 2 is 2.25 bits per heavy atom. The van der Waals surface area contributed by atoms with Crippen LogP contribution in [0.25, 0.3) is 0 Å². The van der Waals surface area contributed by atoms with Gasteiger partial charge in [0, 0.05) is 26.2 Å². The van der Waals surface area contributed by atoms with Gasteiger partial charge in [-0.3, -0.25) is 4.79 Å². The molecule has 5 heteroatoms. The Balaban J connectivity index is 2.21. The fourth-order valence-electron chi connectivity index (χ4n) is 1.72. The fraction of sp³-hybridized carbons (Fsp3) is 0.909. The number of rotatable bonds is 5. The molecule has 5 nitrogen and oxygen atoms in total. The summed E-state index contributed by atoms with van der Waals surface area (Å²) in [6.45, 7) is 4.67. The number of likely N-dealkylation sites (tertiary alicyclic amines) is 1. The molecule has 0 radical (unpaired) electrons. The van der Waals surface area contributed by atoms with Gasteiger partial charge in [-0.2, -0.15) is 0 Å². The summed E-state index contributed by atoms with van der Waals surface area (Å²) in [5.41, 5.74) is 5.93. The monoisotopic (exact) mass is 230 g/mol. The van der Waals surface area contributed by atoms with Gasteiger partial charge in [0.15, 0.2) is 0 Å². The lowest BCUT2D eigenvalue weighted by Gasteiger charge is -2.35. The number of hydrogen-bond donors (Lipinski definition) is 1. The Bertz CT molecular complexity index is 223. The highest BCUT2D eigenvalue weighted by molar-refractivity contribution is 5.77. The molecule has 1 aliphatic rings. The summed E-state index contributed by atoms with van der Waals surface area (Å²) >= 11 is 0. The van der Waals surface area contributed by atoms with Crippen molar-refractivity contribution in [3.63, 3.8) is 0 Å². The third-order valence-corrected chi connectivity index (χ3v) is 3.03. The molecule has 94 valence electrons. The maximum atomic E-state index is 11.7. The van der Waals surface area contributed by atoms with Crippen LogP contribution >= 0.6 is 0 Å². The van der Waals surface area contributed by atoms with Crippen LogP contribution in [0.1, 0.15) is 13.3 Å². The lowest BCUT2D eigenvalue weighted by molar-refractivity contribution is -0.138. The van der Waals surface area contributed by atoms with Crippen molar-refractivity contribution in [2.75, 3.05) is 40.0 Å². The number of nitrogens with zero attached hydrogens (tertiary/aromatic N) is 1. The first kappa shape index (κ1) is 13.4. The van der Waals surface area contributed by atoms with Crippen molar-refractivity contribution in [1.82, 2.24) is 4.90 Å². The topological polar surface area (TPSA) is 64.8 Å². The molecule has 0 bridgehead atoms. The smallest absolute Gasteiger partial charge is 0.248 e. The van der Waals surface area contributed by atoms with Crippen LogP contribution in [-0.4, -0.2) is 56.9 Å². The van der Waals surface area contributed by atoms with Crippen molar-refractivity contribution in [3.8, 4) is 0 Å². The van der Waals surface area contributed by atoms with Gasteiger partial charge in [0.25, 0.3) is 0 Å². The molecule has 1 aliphatic heterocycles. The van der Waals surface area contributed by atoms with Crippen LogP contribution < -0.4 is 5.73 Å². The Morgan fingerprint density at radius 1 is 1.50 bits per heavy atom. The van der Waals surface area contributed by atoms with Gasteiger partial charge in [0.05, 0.1) is 13.2 Å². The second kappa shape index (κ2) is 6.83. The zero-order valence-electron chi connectivity index (χ0n) is 10.1. The van der Waals surface area contributed by atoms with Gasteiger partial charge in [-0.1, -0.05) is 6.92 Å². The summed E-state index contributed by atoms with van der Waals surface area (Å²) in [5.74, 6) is 0.525. The van der Waals surface area contributed by atoms with Crippen LogP contribution in [0.2, 0.25) is 0 Å². The highest BCUT2D eigenvalue weighted by Crippen LogP contribution is 2.15. The van der Waals surface area contributed by atoms with Crippen LogP contribution in [-0.2, 0) is 14.3 Å². The molecule has 16 heavy (non-hydrogen) atoms. The molecule has 0 aromatic heterocycles. The molecule has 2 unspecified atom stereocenters. The first-order chi connectivity index (χ1) is 7.65. The van der Waals surface area contributed by atoms with Crippen molar-refractivity contribution in [1.29, 1.82) is 0 Å². The highest BCUT2D eigenvalue weighted by atomic mass is 16.5. The summed E-state index contributed by atoms with van der Waals surface area (Å²) < 4.78 is 10.0. The minimum absolute atomic E-state index is 0.0263. The first-order valence-corrected chi connectivity index (χ1v) is 5.75. The maximum absolute atomic E-state index is 11.7. The van der Waals surface area contributed by atoms with Gasteiger partial charge < -0.3 is 20.1 Å². The number of amides is 1. The molecule has 1 saturated heterocycles. The van der Waals surface area contributed by atoms with Crippen molar-refractivity contribution in [2.45, 2.75) is 19.4 Å². The average molecular weight is 230 g/mol. The fourth-order valence-corrected chi connectivity index (χ4v) is 1.72. The third kappa shape index (κ3) is 4.08. The van der Waals surface area contributed by atoms with E-state index in [-0.39, 0.29) is 18.6 Å². The summed E-state index contributed by atoms with van der Waals surface area (Å²) in [4.78, 5) is 13.5. The number of carbonyl (C=O) groups excluding carboxylic acids is 1. The van der Waals surface area contributed by atoms with E-state index in [0.717, 1.165) is 13.0 Å². The maximum Gasteiger partial charge on any atom is 0.248 e. The number of carbonyl (C=O) groups is 1. The zero-order valence-corrected chi connectivity index (χ0v) is 10.1. The van der Waals surface area contributed by atoms with Crippen LogP contribution in [0.4, 0.5) is 0 Å². The summed E-state index contributed by atoms with van der Waals surface area (Å²) in [6.07, 6.45) is 0.977. The normalized spacial score (nSPS) is 25.8. The molecule has 0 aromatic carbocycles. The summed E-state index contributed by atoms with van der Waals surface area (Å²) in [7, 11) is 1.61. The van der Waals surface area contributed by atoms with Gasteiger partial charge in [0.1, 0.15) is 6.61 Å². The second-order valence-corrected chi connectivity index (χ2v) is 4.31. The second-order valence-electron chi connectivity index (χ2n) is 4.31. The third-order valence-electron chi connectivity index (χ3n) is 3.03. The molecular formula is C11H22N2O3. The molecule has 1 amide bonds. The van der Waals surface area contributed by atoms with E-state index >= 15 is 0 Å². The van der Waals surface area contributed by atoms with Crippen LogP contribution in [0.3, 0.4) is 0 Å². The number of ether oxygens (including phenoxy) is 2. The number of piperidine rings is 1. The molecule has 0 aromatic rings. The molecule has 0 aliphatic carbocycles. The van der Waals surface area contributed by atoms with Gasteiger partial charge in [-0.15, -0.1) is 0 Å². The van der Waals surface area contributed by atoms with E-state index < -0.39 is 0 Å². The van der Waals surface area contributed by atoms with E-state index in [0.29, 0.717) is 25.7 Å². The van der Waals surface area contributed by atoms with Crippen LogP contribution in [0.5, 0.6) is 0 Å². The molecule has 1 fully saturated rings. The van der Waals surface area contributed by atoms with E-state index in [1.807, 2.05) is 0 Å². The number of nitrogens with two attached hydrogens (primary N) is 1. The van der Waals surface area contributed by atoms with E-state index in [2.05, 4.69) is 6.92 Å². The van der Waals surface area contributed by atoms with Gasteiger partial charge in [-0.05, 0) is 12.3 Å². The van der Waals surface area contributed by atoms with Crippen molar-refractivity contribution >= 4 is 5.91 Å². The van der Waals surface area contributed by atoms with Crippen LogP contribution in [0, 0.1) is 5.92 Å². The largest absolute Gasteiger partial charge is 0.382 e. The van der Waals surface area contributed by atoms with E-state index in [1.54, 1.807) is 12.0 Å². The standard InChI is InChI=1S/C11H22N2O3/c1-9-3-4-13(7-10(9)12)11(14)8-16-6-5-15-2/h9-10H,3-8,12H2,1-2H3. The van der Waals surface area contributed by atoms with Crippen molar-refractivity contribution < 1.29 is 14.3 Å². The lowest BCUT2D eigenvalue weighted by Crippen LogP contribution is -2.50. The zero-order chi connectivity index (χ0) is 12.0. The lowest BCUT2D eigenvalue weighted by atomic mass is 9.94. The Kier molecular flexibility index (Phi) is 5.73. The van der Waals surface area contributed by atoms with Gasteiger partial charge in [-0.25, -0.2) is 0 Å². The highest BCUT2D eigenvalue weighted by Gasteiger charge is 2.25. The van der Waals surface area contributed by atoms with E-state index in [4.69, 9.17) is 15.2 Å². The Hall–Kier alpha value is -0.650. The molecule has 1 rings (SSSR count). The quantitative estimate of drug-likeness (QED) is 0.667. The summed E-state index contributed by atoms with van der Waals surface area (Å²) in [6, 6.07) is 0.0941. The molecule has 2 N–H and O–H groups in total. The van der Waals surface area contributed by atoms with Crippen LogP contribution in [0.15, 0.2) is 0 Å². The molecule has 1 heterocycles. The van der Waals surface area contributed by atoms with Crippen molar-refractivity contribution in [3.05, 3.63) is 0 Å². The molecule has 0 saturated carbocycles. The predicted molar refractivity (Wildman–Crippen MR) is 61.0 cm³/mol. The minimum Gasteiger partial charge on any atom is -0.382 e. The Labute approximate surface area is 96.9 Å². The van der Waals surface area contributed by atoms with Gasteiger partial charge >= 0.3 is 0 Å². The Morgan fingerprint density at radius 3 is 2.88 bits per heavy atom. The number of hydrogen-bond acceptors (Lipinski definition) is 4. The van der Waals surface area contributed by atoms with E-state index in [1.165, 1.54) is 0 Å². The van der Waals surface area contributed by atoms with Crippen molar-refractivity contribution in [2.24, 2.45) is 11.7 Å².